The molecule has 1 atom stereocenters. The second-order valence-electron chi connectivity index (χ2n) is 4.77. The van der Waals surface area contributed by atoms with Crippen molar-refractivity contribution < 1.29 is 5.11 Å². The quantitative estimate of drug-likeness (QED) is 0.797. The van der Waals surface area contributed by atoms with Gasteiger partial charge >= 0.3 is 0 Å². The molecule has 3 aromatic rings. The van der Waals surface area contributed by atoms with Crippen LogP contribution in [0.25, 0.3) is 0 Å². The first-order valence-electron chi connectivity index (χ1n) is 6.43. The van der Waals surface area contributed by atoms with Gasteiger partial charge in [0.2, 0.25) is 0 Å². The number of rotatable bonds is 4. The van der Waals surface area contributed by atoms with Gasteiger partial charge in [0.15, 0.2) is 0 Å². The molecule has 3 heterocycles. The third-order valence-electron chi connectivity index (χ3n) is 3.29. The Bertz CT molecular complexity index is 697. The van der Waals surface area contributed by atoms with Crippen LogP contribution in [0.4, 0.5) is 0 Å². The molecule has 1 N–H and O–H groups in total. The van der Waals surface area contributed by atoms with Crippen molar-refractivity contribution in [2.75, 3.05) is 0 Å². The number of hydrogen-bond acceptors (Lipinski definition) is 4. The summed E-state index contributed by atoms with van der Waals surface area (Å²) in [5, 5.41) is 12.4. The normalized spacial score (nSPS) is 12.8. The number of aliphatic hydroxyl groups excluding tert-OH is 1. The molecule has 0 aromatic carbocycles. The van der Waals surface area contributed by atoms with E-state index in [1.807, 2.05) is 39.6 Å². The molecule has 5 heteroatoms. The Morgan fingerprint density at radius 2 is 2.25 bits per heavy atom. The highest BCUT2D eigenvalue weighted by atomic mass is 32.1. The lowest BCUT2D eigenvalue weighted by atomic mass is 10.2. The molecule has 3 rings (SSSR count). The Labute approximate surface area is 126 Å². The number of hydrogen-bond donors (Lipinski definition) is 1. The highest BCUT2D eigenvalue weighted by Crippen LogP contribution is 2.26. The Morgan fingerprint density at radius 3 is 2.90 bits per heavy atom. The smallest absolute Gasteiger partial charge is 0.146 e. The summed E-state index contributed by atoms with van der Waals surface area (Å²) in [6.45, 7) is 5.02. The van der Waals surface area contributed by atoms with Crippen LogP contribution in [-0.4, -0.2) is 14.7 Å². The largest absolute Gasteiger partial charge is 0.380 e. The van der Waals surface area contributed by atoms with Gasteiger partial charge < -0.3 is 9.67 Å². The van der Waals surface area contributed by atoms with Crippen molar-refractivity contribution in [2.45, 2.75) is 26.5 Å². The van der Waals surface area contributed by atoms with E-state index < -0.39 is 6.10 Å². The first-order chi connectivity index (χ1) is 9.65. The molecule has 3 nitrogen and oxygen atoms in total. The average molecular weight is 304 g/mol. The van der Waals surface area contributed by atoms with Crippen LogP contribution in [0.2, 0.25) is 0 Å². The SMILES string of the molecule is Cc1cc(Cn2ccnc2[C@H](O)c2cccs2)c(C)s1. The van der Waals surface area contributed by atoms with E-state index in [1.165, 1.54) is 15.3 Å². The van der Waals surface area contributed by atoms with Gasteiger partial charge in [0.1, 0.15) is 11.9 Å². The molecular weight excluding hydrogens is 288 g/mol. The van der Waals surface area contributed by atoms with Crippen molar-refractivity contribution in [3.63, 3.8) is 0 Å². The molecule has 0 radical (unpaired) electrons. The summed E-state index contributed by atoms with van der Waals surface area (Å²) in [6, 6.07) is 6.10. The Morgan fingerprint density at radius 1 is 1.40 bits per heavy atom. The maximum absolute atomic E-state index is 10.4. The van der Waals surface area contributed by atoms with E-state index in [2.05, 4.69) is 24.9 Å². The van der Waals surface area contributed by atoms with Gasteiger partial charge in [-0.2, -0.15) is 0 Å². The molecular formula is C15H16N2OS2. The fourth-order valence-electron chi connectivity index (χ4n) is 2.30. The zero-order valence-corrected chi connectivity index (χ0v) is 13.0. The minimum absolute atomic E-state index is 0.648. The zero-order valence-electron chi connectivity index (χ0n) is 11.4. The molecule has 0 aliphatic carbocycles. The van der Waals surface area contributed by atoms with E-state index in [9.17, 15) is 5.11 Å². The van der Waals surface area contributed by atoms with Gasteiger partial charge in [-0.05, 0) is 36.9 Å². The minimum atomic E-state index is -0.648. The van der Waals surface area contributed by atoms with E-state index >= 15 is 0 Å². The lowest BCUT2D eigenvalue weighted by molar-refractivity contribution is 0.209. The topological polar surface area (TPSA) is 38.0 Å². The van der Waals surface area contributed by atoms with Gasteiger partial charge in [0.25, 0.3) is 0 Å². The Kier molecular flexibility index (Phi) is 3.74. The number of thiophene rings is 2. The molecule has 0 unspecified atom stereocenters. The van der Waals surface area contributed by atoms with Gasteiger partial charge in [-0.1, -0.05) is 6.07 Å². The van der Waals surface area contributed by atoms with Crippen molar-refractivity contribution in [1.29, 1.82) is 0 Å². The standard InChI is InChI=1S/C15H16N2OS2/c1-10-8-12(11(2)20-10)9-17-6-5-16-15(17)14(18)13-4-3-7-19-13/h3-8,14,18H,9H2,1-2H3/t14-/m1/s1. The molecule has 0 saturated carbocycles. The van der Waals surface area contributed by atoms with Crippen molar-refractivity contribution in [2.24, 2.45) is 0 Å². The van der Waals surface area contributed by atoms with Gasteiger partial charge in [0, 0.05) is 33.6 Å². The van der Waals surface area contributed by atoms with Crippen LogP contribution >= 0.6 is 22.7 Å². The maximum atomic E-state index is 10.4. The summed E-state index contributed by atoms with van der Waals surface area (Å²) in [5.74, 6) is 0.704. The number of aliphatic hydroxyl groups is 1. The number of aromatic nitrogens is 2. The lowest BCUT2D eigenvalue weighted by Crippen LogP contribution is -2.09. The summed E-state index contributed by atoms with van der Waals surface area (Å²) in [5.41, 5.74) is 1.30. The van der Waals surface area contributed by atoms with Gasteiger partial charge in [-0.3, -0.25) is 0 Å². The fourth-order valence-corrected chi connectivity index (χ4v) is 3.94. The molecule has 0 fully saturated rings. The van der Waals surface area contributed by atoms with E-state index in [4.69, 9.17) is 0 Å². The number of imidazole rings is 1. The minimum Gasteiger partial charge on any atom is -0.380 e. The van der Waals surface area contributed by atoms with Crippen molar-refractivity contribution in [1.82, 2.24) is 9.55 Å². The predicted molar refractivity (Wildman–Crippen MR) is 83.5 cm³/mol. The molecule has 104 valence electrons. The van der Waals surface area contributed by atoms with Crippen LogP contribution in [0, 0.1) is 13.8 Å². The van der Waals surface area contributed by atoms with Crippen LogP contribution in [0.5, 0.6) is 0 Å². The molecule has 20 heavy (non-hydrogen) atoms. The fraction of sp³-hybridized carbons (Fsp3) is 0.267. The van der Waals surface area contributed by atoms with E-state index in [-0.39, 0.29) is 0 Å². The lowest BCUT2D eigenvalue weighted by Gasteiger charge is -2.12. The summed E-state index contributed by atoms with van der Waals surface area (Å²) in [7, 11) is 0. The van der Waals surface area contributed by atoms with Gasteiger partial charge in [0.05, 0.1) is 0 Å². The summed E-state index contributed by atoms with van der Waals surface area (Å²) < 4.78 is 2.03. The summed E-state index contributed by atoms with van der Waals surface area (Å²) >= 11 is 3.36. The predicted octanol–water partition coefficient (Wildman–Crippen LogP) is 3.75. The third kappa shape index (κ3) is 2.57. The molecule has 0 aliphatic rings. The molecule has 0 bridgehead atoms. The van der Waals surface area contributed by atoms with Crippen LogP contribution in [-0.2, 0) is 6.54 Å². The average Bonchev–Trinajstić information content (AvgIpc) is 3.12. The van der Waals surface area contributed by atoms with Crippen LogP contribution in [0.1, 0.15) is 32.1 Å². The molecule has 0 amide bonds. The van der Waals surface area contributed by atoms with Gasteiger partial charge in [-0.25, -0.2) is 4.98 Å². The van der Waals surface area contributed by atoms with E-state index in [1.54, 1.807) is 17.5 Å². The zero-order chi connectivity index (χ0) is 14.1. The second-order valence-corrected chi connectivity index (χ2v) is 7.21. The van der Waals surface area contributed by atoms with Gasteiger partial charge in [-0.15, -0.1) is 22.7 Å². The third-order valence-corrected chi connectivity index (χ3v) is 5.22. The van der Waals surface area contributed by atoms with Crippen LogP contribution < -0.4 is 0 Å². The first kappa shape index (κ1) is 13.5. The van der Waals surface area contributed by atoms with Crippen molar-refractivity contribution in [3.05, 3.63) is 62.0 Å². The molecule has 0 aliphatic heterocycles. The monoisotopic (exact) mass is 304 g/mol. The van der Waals surface area contributed by atoms with E-state index in [0.717, 1.165) is 11.4 Å². The molecule has 3 aromatic heterocycles. The molecule has 0 spiro atoms. The Balaban J connectivity index is 1.89. The highest BCUT2D eigenvalue weighted by Gasteiger charge is 2.17. The number of aryl methyl sites for hydroxylation is 2. The highest BCUT2D eigenvalue weighted by molar-refractivity contribution is 7.12. The first-order valence-corrected chi connectivity index (χ1v) is 8.13. The summed E-state index contributed by atoms with van der Waals surface area (Å²) in [4.78, 5) is 7.90. The maximum Gasteiger partial charge on any atom is 0.146 e. The van der Waals surface area contributed by atoms with Crippen molar-refractivity contribution in [3.8, 4) is 0 Å². The molecule has 0 saturated heterocycles. The van der Waals surface area contributed by atoms with Crippen molar-refractivity contribution >= 4 is 22.7 Å². The second kappa shape index (κ2) is 5.52. The summed E-state index contributed by atoms with van der Waals surface area (Å²) in [6.07, 6.45) is 3.03. The van der Waals surface area contributed by atoms with E-state index in [0.29, 0.717) is 5.82 Å². The Hall–Kier alpha value is -1.43. The van der Waals surface area contributed by atoms with Crippen LogP contribution in [0.15, 0.2) is 36.0 Å². The van der Waals surface area contributed by atoms with Crippen LogP contribution in [0.3, 0.4) is 0 Å². The number of nitrogens with zero attached hydrogens (tertiary/aromatic N) is 2.